The second-order valence-corrected chi connectivity index (χ2v) is 8.72. The number of thiocarbonyl (C=S) groups is 1. The molecule has 1 fully saturated rings. The van der Waals surface area contributed by atoms with Gasteiger partial charge in [-0.05, 0) is 92.6 Å². The van der Waals surface area contributed by atoms with Crippen molar-refractivity contribution in [1.82, 2.24) is 19.9 Å². The second-order valence-electron chi connectivity index (χ2n) is 8.33. The highest BCUT2D eigenvalue weighted by atomic mass is 32.1. The van der Waals surface area contributed by atoms with Crippen LogP contribution in [0.5, 0.6) is 0 Å². The normalized spacial score (nSPS) is 17.9. The molecule has 5 nitrogen and oxygen atoms in total. The first-order valence-corrected chi connectivity index (χ1v) is 11.2. The van der Waals surface area contributed by atoms with Crippen LogP contribution in [0.1, 0.15) is 40.3 Å². The molecule has 0 spiro atoms. The molecule has 3 aromatic heterocycles. The summed E-state index contributed by atoms with van der Waals surface area (Å²) < 4.78 is 15.8. The zero-order chi connectivity index (χ0) is 23.1. The molecule has 0 amide bonds. The molecule has 0 radical (unpaired) electrons. The molecule has 166 valence electrons. The van der Waals surface area contributed by atoms with Crippen LogP contribution < -0.4 is 10.2 Å². The summed E-state index contributed by atoms with van der Waals surface area (Å²) in [4.78, 5) is 11.3. The fourth-order valence-corrected chi connectivity index (χ4v) is 4.93. The summed E-state index contributed by atoms with van der Waals surface area (Å²) in [6.45, 7) is 6.21. The lowest BCUT2D eigenvalue weighted by atomic mass is 9.96. The number of hydrogen-bond acceptors (Lipinski definition) is 3. The average molecular weight is 458 g/mol. The molecule has 0 bridgehead atoms. The van der Waals surface area contributed by atoms with Gasteiger partial charge in [0.05, 0.1) is 17.8 Å². The van der Waals surface area contributed by atoms with Crippen molar-refractivity contribution < 1.29 is 4.39 Å². The Morgan fingerprint density at radius 3 is 2.42 bits per heavy atom. The summed E-state index contributed by atoms with van der Waals surface area (Å²) in [5.74, 6) is 0.594. The monoisotopic (exact) mass is 457 g/mol. The van der Waals surface area contributed by atoms with Gasteiger partial charge in [-0.3, -0.25) is 4.98 Å². The number of halogens is 1. The molecule has 1 saturated heterocycles. The molecular weight excluding hydrogens is 433 g/mol. The molecule has 1 aliphatic rings. The van der Waals surface area contributed by atoms with Crippen molar-refractivity contribution in [3.63, 3.8) is 0 Å². The molecule has 0 aliphatic carbocycles. The van der Waals surface area contributed by atoms with Crippen molar-refractivity contribution in [3.8, 4) is 5.82 Å². The van der Waals surface area contributed by atoms with Gasteiger partial charge in [0.25, 0.3) is 0 Å². The van der Waals surface area contributed by atoms with Gasteiger partial charge < -0.3 is 14.8 Å². The smallest absolute Gasteiger partial charge is 0.174 e. The summed E-state index contributed by atoms with van der Waals surface area (Å²) in [5, 5.41) is 4.05. The Labute approximate surface area is 197 Å². The number of benzene rings is 1. The zero-order valence-electron chi connectivity index (χ0n) is 18.7. The summed E-state index contributed by atoms with van der Waals surface area (Å²) in [7, 11) is 0. The minimum absolute atomic E-state index is 0.163. The van der Waals surface area contributed by atoms with Gasteiger partial charge in [0.15, 0.2) is 5.11 Å². The summed E-state index contributed by atoms with van der Waals surface area (Å²) in [5.41, 5.74) is 6.11. The summed E-state index contributed by atoms with van der Waals surface area (Å²) in [6, 6.07) is 18.3. The number of pyridine rings is 2. The van der Waals surface area contributed by atoms with Crippen molar-refractivity contribution in [1.29, 1.82) is 0 Å². The molecule has 2 atom stereocenters. The van der Waals surface area contributed by atoms with Crippen LogP contribution in [0.15, 0.2) is 73.1 Å². The molecule has 4 aromatic rings. The highest BCUT2D eigenvalue weighted by Gasteiger charge is 2.42. The first kappa shape index (κ1) is 21.3. The van der Waals surface area contributed by atoms with Crippen LogP contribution in [0.25, 0.3) is 5.82 Å². The molecule has 1 N–H and O–H groups in total. The van der Waals surface area contributed by atoms with Crippen LogP contribution in [-0.2, 0) is 0 Å². The third kappa shape index (κ3) is 3.78. The van der Waals surface area contributed by atoms with Gasteiger partial charge in [0.1, 0.15) is 11.6 Å². The predicted molar refractivity (Wildman–Crippen MR) is 132 cm³/mol. The average Bonchev–Trinajstić information content (AvgIpc) is 3.31. The molecule has 0 saturated carbocycles. The summed E-state index contributed by atoms with van der Waals surface area (Å²) in [6.07, 6.45) is 3.67. The van der Waals surface area contributed by atoms with E-state index in [0.717, 1.165) is 39.7 Å². The van der Waals surface area contributed by atoms with Crippen LogP contribution >= 0.6 is 12.2 Å². The topological polar surface area (TPSA) is 46.0 Å². The van der Waals surface area contributed by atoms with Gasteiger partial charge in [-0.25, -0.2) is 9.37 Å². The maximum absolute atomic E-state index is 13.7. The van der Waals surface area contributed by atoms with Crippen LogP contribution in [0.2, 0.25) is 0 Å². The maximum Gasteiger partial charge on any atom is 0.174 e. The molecule has 1 aromatic carbocycles. The highest BCUT2D eigenvalue weighted by molar-refractivity contribution is 7.80. The van der Waals surface area contributed by atoms with Crippen LogP contribution in [0.4, 0.5) is 10.1 Å². The van der Waals surface area contributed by atoms with Crippen molar-refractivity contribution in [2.24, 2.45) is 0 Å². The third-order valence-electron chi connectivity index (χ3n) is 6.12. The largest absolute Gasteiger partial charge is 0.351 e. The zero-order valence-corrected chi connectivity index (χ0v) is 19.5. The Morgan fingerprint density at radius 2 is 1.76 bits per heavy atom. The van der Waals surface area contributed by atoms with Gasteiger partial charge in [-0.2, -0.15) is 0 Å². The number of aromatic nitrogens is 3. The highest BCUT2D eigenvalue weighted by Crippen LogP contribution is 2.43. The fraction of sp³-hybridized carbons (Fsp3) is 0.192. The molecule has 33 heavy (non-hydrogen) atoms. The van der Waals surface area contributed by atoms with E-state index in [9.17, 15) is 4.39 Å². The molecule has 4 heterocycles. The SMILES string of the molecule is Cc1ccc(-n2c(C)cc([C@H]3[C@H](c4ccccn4)NC(=S)N3c3ccc(F)cc3)c2C)nc1. The van der Waals surface area contributed by atoms with Gasteiger partial charge >= 0.3 is 0 Å². The van der Waals surface area contributed by atoms with E-state index in [1.807, 2.05) is 37.4 Å². The van der Waals surface area contributed by atoms with Crippen molar-refractivity contribution >= 4 is 23.0 Å². The van der Waals surface area contributed by atoms with Crippen molar-refractivity contribution in [2.45, 2.75) is 32.9 Å². The Kier molecular flexibility index (Phi) is 5.42. The van der Waals surface area contributed by atoms with Crippen LogP contribution in [-0.4, -0.2) is 19.6 Å². The number of hydrogen-bond donors (Lipinski definition) is 1. The Balaban J connectivity index is 1.67. The van der Waals surface area contributed by atoms with Crippen LogP contribution in [0, 0.1) is 26.6 Å². The number of rotatable bonds is 4. The molecule has 7 heteroatoms. The molecule has 5 rings (SSSR count). The molecule has 1 aliphatic heterocycles. The Bertz CT molecular complexity index is 1300. The molecular formula is C26H24FN5S. The lowest BCUT2D eigenvalue weighted by molar-refractivity contribution is 0.565. The van der Waals surface area contributed by atoms with E-state index in [4.69, 9.17) is 12.2 Å². The van der Waals surface area contributed by atoms with E-state index in [-0.39, 0.29) is 17.9 Å². The van der Waals surface area contributed by atoms with Gasteiger partial charge in [0, 0.05) is 29.5 Å². The number of anilines is 1. The Hall–Kier alpha value is -3.58. The van der Waals surface area contributed by atoms with Crippen molar-refractivity contribution in [2.75, 3.05) is 4.90 Å². The van der Waals surface area contributed by atoms with Crippen LogP contribution in [0.3, 0.4) is 0 Å². The van der Waals surface area contributed by atoms with Gasteiger partial charge in [-0.15, -0.1) is 0 Å². The van der Waals surface area contributed by atoms with E-state index < -0.39 is 0 Å². The van der Waals surface area contributed by atoms with E-state index >= 15 is 0 Å². The van der Waals surface area contributed by atoms with E-state index in [2.05, 4.69) is 50.7 Å². The minimum Gasteiger partial charge on any atom is -0.351 e. The predicted octanol–water partition coefficient (Wildman–Crippen LogP) is 5.51. The maximum atomic E-state index is 13.7. The number of nitrogens with one attached hydrogen (secondary N) is 1. The van der Waals surface area contributed by atoms with Crippen molar-refractivity contribution in [3.05, 3.63) is 107 Å². The van der Waals surface area contributed by atoms with Gasteiger partial charge in [-0.1, -0.05) is 12.1 Å². The quantitative estimate of drug-likeness (QED) is 0.410. The first-order valence-electron chi connectivity index (χ1n) is 10.8. The minimum atomic E-state index is -0.279. The fourth-order valence-electron chi connectivity index (χ4n) is 4.58. The number of nitrogens with zero attached hydrogens (tertiary/aromatic N) is 4. The second kappa shape index (κ2) is 8.41. The third-order valence-corrected chi connectivity index (χ3v) is 6.43. The Morgan fingerprint density at radius 1 is 0.970 bits per heavy atom. The lowest BCUT2D eigenvalue weighted by Gasteiger charge is -2.28. The standard InChI is InChI=1S/C26H24FN5S/c1-16-7-12-23(29-15-16)31-17(2)14-21(18(31)3)25-24(22-6-4-5-13-28-22)30-26(33)32(25)20-10-8-19(27)9-11-20/h4-15,24-25H,1-3H3,(H,30,33)/t24-,25-/m0/s1. The number of aryl methyl sites for hydroxylation is 2. The van der Waals surface area contributed by atoms with Gasteiger partial charge in [0.2, 0.25) is 0 Å². The lowest BCUT2D eigenvalue weighted by Crippen LogP contribution is -2.29. The molecule has 0 unspecified atom stereocenters. The summed E-state index contributed by atoms with van der Waals surface area (Å²) >= 11 is 5.77. The van der Waals surface area contributed by atoms with E-state index in [1.54, 1.807) is 18.3 Å². The van der Waals surface area contributed by atoms with E-state index in [0.29, 0.717) is 5.11 Å². The van der Waals surface area contributed by atoms with E-state index in [1.165, 1.54) is 12.1 Å². The first-order chi connectivity index (χ1) is 15.9.